The molecule has 1 heteroatoms. The van der Waals surface area contributed by atoms with Crippen molar-refractivity contribution in [1.29, 1.82) is 0 Å². The van der Waals surface area contributed by atoms with Crippen molar-refractivity contribution in [2.45, 2.75) is 46.0 Å². The molecule has 0 amide bonds. The number of hydrogen-bond acceptors (Lipinski definition) is 1. The lowest BCUT2D eigenvalue weighted by atomic mass is 9.90. The van der Waals surface area contributed by atoms with Gasteiger partial charge in [-0.15, -0.1) is 0 Å². The molecule has 84 valence electrons. The summed E-state index contributed by atoms with van der Waals surface area (Å²) in [6.45, 7) is 4.33. The number of rotatable bonds is 4. The van der Waals surface area contributed by atoms with E-state index < -0.39 is 0 Å². The smallest absolute Gasteiger partial charge is 0.139 e. The maximum Gasteiger partial charge on any atom is 0.139 e. The third-order valence-electron chi connectivity index (χ3n) is 5.45. The summed E-state index contributed by atoms with van der Waals surface area (Å²) < 4.78 is 0. The van der Waals surface area contributed by atoms with Crippen molar-refractivity contribution >= 4 is 5.78 Å². The van der Waals surface area contributed by atoms with Gasteiger partial charge in [-0.1, -0.05) is 13.8 Å². The summed E-state index contributed by atoms with van der Waals surface area (Å²) in [4.78, 5) is 12.3. The van der Waals surface area contributed by atoms with E-state index in [1.807, 2.05) is 0 Å². The second-order valence-electron chi connectivity index (χ2n) is 5.93. The van der Waals surface area contributed by atoms with Crippen LogP contribution < -0.4 is 0 Å². The van der Waals surface area contributed by atoms with Crippen molar-refractivity contribution in [3.63, 3.8) is 0 Å². The van der Waals surface area contributed by atoms with Crippen LogP contribution in [0.5, 0.6) is 0 Å². The summed E-state index contributed by atoms with van der Waals surface area (Å²) in [6.07, 6.45) is 6.43. The van der Waals surface area contributed by atoms with Gasteiger partial charge in [0.1, 0.15) is 5.78 Å². The standard InChI is InChI=1S/C14H22O/c1-3-8(4-2)14(15)13-11-9-5-6-10(7-9)12(11)13/h8-13H,3-7H2,1-2H3. The molecule has 3 rings (SSSR count). The van der Waals surface area contributed by atoms with Gasteiger partial charge in [-0.3, -0.25) is 4.79 Å². The molecular formula is C14H22O. The third-order valence-corrected chi connectivity index (χ3v) is 5.45. The minimum Gasteiger partial charge on any atom is -0.299 e. The number of carbonyl (C=O) groups is 1. The van der Waals surface area contributed by atoms with Crippen molar-refractivity contribution in [3.8, 4) is 0 Å². The number of fused-ring (bicyclic) bond motifs is 5. The minimum atomic E-state index is 0.375. The van der Waals surface area contributed by atoms with Gasteiger partial charge < -0.3 is 0 Å². The van der Waals surface area contributed by atoms with E-state index in [-0.39, 0.29) is 0 Å². The van der Waals surface area contributed by atoms with Crippen LogP contribution in [0.4, 0.5) is 0 Å². The van der Waals surface area contributed by atoms with Crippen LogP contribution in [0.1, 0.15) is 46.0 Å². The maximum atomic E-state index is 12.3. The molecule has 3 saturated carbocycles. The monoisotopic (exact) mass is 206 g/mol. The van der Waals surface area contributed by atoms with E-state index in [2.05, 4.69) is 13.8 Å². The zero-order chi connectivity index (χ0) is 10.6. The number of ketones is 1. The summed E-state index contributed by atoms with van der Waals surface area (Å²) in [5.41, 5.74) is 0. The molecule has 0 heterocycles. The molecule has 0 radical (unpaired) electrons. The fourth-order valence-corrected chi connectivity index (χ4v) is 4.67. The van der Waals surface area contributed by atoms with Crippen molar-refractivity contribution in [1.82, 2.24) is 0 Å². The molecule has 0 aromatic heterocycles. The average Bonchev–Trinajstić information content (AvgIpc) is 2.69. The summed E-state index contributed by atoms with van der Waals surface area (Å²) in [6, 6.07) is 0. The quantitative estimate of drug-likeness (QED) is 0.690. The molecule has 3 fully saturated rings. The molecule has 0 aromatic carbocycles. The van der Waals surface area contributed by atoms with Crippen LogP contribution in [0.2, 0.25) is 0 Å². The highest BCUT2D eigenvalue weighted by Crippen LogP contribution is 2.70. The topological polar surface area (TPSA) is 17.1 Å². The molecule has 3 aliphatic carbocycles. The van der Waals surface area contributed by atoms with Gasteiger partial charge in [-0.2, -0.15) is 0 Å². The molecule has 4 unspecified atom stereocenters. The third kappa shape index (κ3) is 1.24. The first-order valence-electron chi connectivity index (χ1n) is 6.81. The van der Waals surface area contributed by atoms with Crippen molar-refractivity contribution in [3.05, 3.63) is 0 Å². The second-order valence-corrected chi connectivity index (χ2v) is 5.93. The maximum absolute atomic E-state index is 12.3. The molecular weight excluding hydrogens is 184 g/mol. The molecule has 0 aliphatic heterocycles. The Labute approximate surface area is 92.6 Å². The Morgan fingerprint density at radius 1 is 1.13 bits per heavy atom. The predicted octanol–water partition coefficient (Wildman–Crippen LogP) is 3.28. The van der Waals surface area contributed by atoms with Gasteiger partial charge in [0.05, 0.1) is 0 Å². The molecule has 0 spiro atoms. The lowest BCUT2D eigenvalue weighted by molar-refractivity contribution is -0.125. The molecule has 0 N–H and O–H groups in total. The summed E-state index contributed by atoms with van der Waals surface area (Å²) in [7, 11) is 0. The predicted molar refractivity (Wildman–Crippen MR) is 60.4 cm³/mol. The molecule has 15 heavy (non-hydrogen) atoms. The van der Waals surface area contributed by atoms with Gasteiger partial charge >= 0.3 is 0 Å². The first-order chi connectivity index (χ1) is 7.27. The van der Waals surface area contributed by atoms with Gasteiger partial charge in [0.25, 0.3) is 0 Å². The van der Waals surface area contributed by atoms with Gasteiger partial charge in [0.2, 0.25) is 0 Å². The van der Waals surface area contributed by atoms with Crippen molar-refractivity contribution < 1.29 is 4.79 Å². The van der Waals surface area contributed by atoms with Crippen LogP contribution in [0.15, 0.2) is 0 Å². The van der Waals surface area contributed by atoms with Gasteiger partial charge in [0.15, 0.2) is 0 Å². The zero-order valence-corrected chi connectivity index (χ0v) is 9.91. The summed E-state index contributed by atoms with van der Waals surface area (Å²) in [5, 5.41) is 0. The molecule has 1 nitrogen and oxygen atoms in total. The van der Waals surface area contributed by atoms with E-state index in [1.54, 1.807) is 0 Å². The summed E-state index contributed by atoms with van der Waals surface area (Å²) >= 11 is 0. The Hall–Kier alpha value is -0.330. The van der Waals surface area contributed by atoms with Crippen LogP contribution in [0, 0.1) is 35.5 Å². The molecule has 3 aliphatic rings. The number of hydrogen-bond donors (Lipinski definition) is 0. The highest BCUT2D eigenvalue weighted by Gasteiger charge is 2.67. The van der Waals surface area contributed by atoms with Crippen molar-refractivity contribution in [2.24, 2.45) is 35.5 Å². The van der Waals surface area contributed by atoms with Crippen LogP contribution in [0.3, 0.4) is 0 Å². The van der Waals surface area contributed by atoms with Crippen LogP contribution in [-0.2, 0) is 4.79 Å². The second kappa shape index (κ2) is 3.33. The number of Topliss-reactive ketones (excluding diaryl/α,β-unsaturated/α-hetero) is 1. The highest BCUT2D eigenvalue weighted by atomic mass is 16.1. The lowest BCUT2D eigenvalue weighted by Gasteiger charge is -2.14. The number of carbonyl (C=O) groups excluding carboxylic acids is 1. The Morgan fingerprint density at radius 3 is 2.13 bits per heavy atom. The van der Waals surface area contributed by atoms with Crippen LogP contribution in [0.25, 0.3) is 0 Å². The Morgan fingerprint density at radius 2 is 1.67 bits per heavy atom. The van der Waals surface area contributed by atoms with Crippen LogP contribution in [-0.4, -0.2) is 5.78 Å². The Balaban J connectivity index is 1.69. The normalized spacial score (nSPS) is 45.9. The van der Waals surface area contributed by atoms with E-state index in [1.165, 1.54) is 19.3 Å². The molecule has 0 saturated heterocycles. The largest absolute Gasteiger partial charge is 0.299 e. The Kier molecular flexibility index (Phi) is 2.19. The Bertz CT molecular complexity index is 263. The van der Waals surface area contributed by atoms with Gasteiger partial charge in [-0.25, -0.2) is 0 Å². The van der Waals surface area contributed by atoms with Gasteiger partial charge in [-0.05, 0) is 55.8 Å². The first-order valence-corrected chi connectivity index (χ1v) is 6.81. The van der Waals surface area contributed by atoms with E-state index >= 15 is 0 Å². The summed E-state index contributed by atoms with van der Waals surface area (Å²) in [5.74, 6) is 5.10. The van der Waals surface area contributed by atoms with E-state index in [0.29, 0.717) is 17.6 Å². The van der Waals surface area contributed by atoms with Crippen molar-refractivity contribution in [2.75, 3.05) is 0 Å². The zero-order valence-electron chi connectivity index (χ0n) is 9.91. The fraction of sp³-hybridized carbons (Fsp3) is 0.929. The average molecular weight is 206 g/mol. The van der Waals surface area contributed by atoms with E-state index in [4.69, 9.17) is 0 Å². The van der Waals surface area contributed by atoms with Gasteiger partial charge in [0, 0.05) is 11.8 Å². The molecule has 2 bridgehead atoms. The van der Waals surface area contributed by atoms with Crippen LogP contribution >= 0.6 is 0 Å². The fourth-order valence-electron chi connectivity index (χ4n) is 4.67. The van der Waals surface area contributed by atoms with E-state index in [0.717, 1.165) is 36.5 Å². The highest BCUT2D eigenvalue weighted by molar-refractivity contribution is 5.87. The van der Waals surface area contributed by atoms with E-state index in [9.17, 15) is 4.79 Å². The molecule has 0 aromatic rings. The first kappa shape index (κ1) is 9.86. The molecule has 4 atom stereocenters. The SMILES string of the molecule is CCC(CC)C(=O)C1C2C3CCC(C3)C12. The minimum absolute atomic E-state index is 0.375. The lowest BCUT2D eigenvalue weighted by Crippen LogP contribution is -2.18.